The lowest BCUT2D eigenvalue weighted by Gasteiger charge is -2.17. The second kappa shape index (κ2) is 5.59. The van der Waals surface area contributed by atoms with E-state index in [-0.39, 0.29) is 12.2 Å². The SMILES string of the molecule is COCC#Cc1ccc(O)c(N2CC(=O)NS2(=O)=O)c1F. The molecule has 1 aliphatic rings. The molecule has 0 spiro atoms. The van der Waals surface area contributed by atoms with Crippen LogP contribution in [0.15, 0.2) is 12.1 Å². The fourth-order valence-electron chi connectivity index (χ4n) is 1.74. The van der Waals surface area contributed by atoms with Gasteiger partial charge in [0, 0.05) is 7.11 Å². The number of hydrogen-bond acceptors (Lipinski definition) is 5. The number of aromatic hydroxyl groups is 1. The highest BCUT2D eigenvalue weighted by Crippen LogP contribution is 2.34. The van der Waals surface area contributed by atoms with Crippen LogP contribution in [-0.2, 0) is 19.7 Å². The Labute approximate surface area is 120 Å². The minimum Gasteiger partial charge on any atom is -0.506 e. The van der Waals surface area contributed by atoms with Gasteiger partial charge in [-0.05, 0) is 12.1 Å². The molecule has 1 aromatic carbocycles. The largest absolute Gasteiger partial charge is 0.506 e. The fraction of sp³-hybridized carbons (Fsp3) is 0.250. The van der Waals surface area contributed by atoms with Crippen molar-refractivity contribution in [1.82, 2.24) is 4.72 Å². The smallest absolute Gasteiger partial charge is 0.326 e. The van der Waals surface area contributed by atoms with Crippen LogP contribution in [0.4, 0.5) is 10.1 Å². The quantitative estimate of drug-likeness (QED) is 0.731. The van der Waals surface area contributed by atoms with Gasteiger partial charge < -0.3 is 9.84 Å². The standard InChI is InChI=1S/C12H11FN2O5S/c1-20-6-2-3-8-4-5-9(16)12(11(8)13)15-7-10(17)14-21(15,18)19/h4-5,16H,6-7H2,1H3,(H,14,17). The molecule has 1 saturated heterocycles. The molecule has 1 aliphatic heterocycles. The number of phenols is 1. The number of carbonyl (C=O) groups is 1. The molecular weight excluding hydrogens is 303 g/mol. The van der Waals surface area contributed by atoms with Gasteiger partial charge in [0.15, 0.2) is 5.82 Å². The molecule has 0 aromatic heterocycles. The van der Waals surface area contributed by atoms with Crippen molar-refractivity contribution in [2.75, 3.05) is 24.6 Å². The van der Waals surface area contributed by atoms with E-state index in [4.69, 9.17) is 4.74 Å². The number of carbonyl (C=O) groups excluding carboxylic acids is 1. The second-order valence-electron chi connectivity index (χ2n) is 4.07. The lowest BCUT2D eigenvalue weighted by molar-refractivity contribution is -0.117. The second-order valence-corrected chi connectivity index (χ2v) is 5.66. The van der Waals surface area contributed by atoms with E-state index in [0.717, 1.165) is 6.07 Å². The average molecular weight is 314 g/mol. The summed E-state index contributed by atoms with van der Waals surface area (Å²) >= 11 is 0. The summed E-state index contributed by atoms with van der Waals surface area (Å²) in [4.78, 5) is 11.2. The number of hydrogen-bond donors (Lipinski definition) is 2. The number of nitrogens with zero attached hydrogens (tertiary/aromatic N) is 1. The van der Waals surface area contributed by atoms with E-state index in [1.165, 1.54) is 13.2 Å². The molecule has 0 bridgehead atoms. The highest BCUT2D eigenvalue weighted by atomic mass is 32.2. The zero-order valence-corrected chi connectivity index (χ0v) is 11.7. The van der Waals surface area contributed by atoms with Crippen molar-refractivity contribution in [3.8, 4) is 17.6 Å². The van der Waals surface area contributed by atoms with E-state index in [0.29, 0.717) is 4.31 Å². The molecule has 112 valence electrons. The van der Waals surface area contributed by atoms with Crippen molar-refractivity contribution in [1.29, 1.82) is 0 Å². The van der Waals surface area contributed by atoms with Gasteiger partial charge in [0.2, 0.25) is 0 Å². The predicted octanol–water partition coefficient (Wildman–Crippen LogP) is -0.290. The normalized spacial score (nSPS) is 16.3. The van der Waals surface area contributed by atoms with Gasteiger partial charge in [0.1, 0.15) is 24.6 Å². The maximum Gasteiger partial charge on any atom is 0.326 e. The summed E-state index contributed by atoms with van der Waals surface area (Å²) in [6.07, 6.45) is 0. The fourth-order valence-corrected chi connectivity index (χ4v) is 2.90. The van der Waals surface area contributed by atoms with Crippen LogP contribution in [0.2, 0.25) is 0 Å². The van der Waals surface area contributed by atoms with Crippen molar-refractivity contribution < 1.29 is 27.4 Å². The van der Waals surface area contributed by atoms with E-state index >= 15 is 0 Å². The molecule has 0 unspecified atom stereocenters. The minimum absolute atomic E-state index is 0.0672. The van der Waals surface area contributed by atoms with Gasteiger partial charge in [-0.15, -0.1) is 0 Å². The Balaban J connectivity index is 2.52. The van der Waals surface area contributed by atoms with E-state index in [2.05, 4.69) is 11.8 Å². The molecule has 9 heteroatoms. The van der Waals surface area contributed by atoms with Crippen LogP contribution in [0.1, 0.15) is 5.56 Å². The van der Waals surface area contributed by atoms with Crippen LogP contribution in [0.25, 0.3) is 0 Å². The van der Waals surface area contributed by atoms with E-state index in [1.807, 2.05) is 0 Å². The lowest BCUT2D eigenvalue weighted by Crippen LogP contribution is -2.30. The van der Waals surface area contributed by atoms with Crippen molar-refractivity contribution >= 4 is 21.8 Å². The molecular formula is C12H11FN2O5S. The molecule has 0 aliphatic carbocycles. The average Bonchev–Trinajstić information content (AvgIpc) is 2.66. The molecule has 7 nitrogen and oxygen atoms in total. The van der Waals surface area contributed by atoms with Crippen LogP contribution < -0.4 is 9.03 Å². The first-order valence-corrected chi connectivity index (χ1v) is 7.13. The molecule has 1 fully saturated rings. The van der Waals surface area contributed by atoms with Crippen molar-refractivity contribution in [2.24, 2.45) is 0 Å². The van der Waals surface area contributed by atoms with Crippen LogP contribution in [0, 0.1) is 17.7 Å². The lowest BCUT2D eigenvalue weighted by atomic mass is 10.1. The summed E-state index contributed by atoms with van der Waals surface area (Å²) in [6.45, 7) is -0.542. The highest BCUT2D eigenvalue weighted by molar-refractivity contribution is 7.92. The number of benzene rings is 1. The monoisotopic (exact) mass is 314 g/mol. The Kier molecular flexibility index (Phi) is 4.02. The number of amides is 1. The van der Waals surface area contributed by atoms with Gasteiger partial charge >= 0.3 is 10.2 Å². The van der Waals surface area contributed by atoms with E-state index in [9.17, 15) is 22.7 Å². The Morgan fingerprint density at radius 3 is 2.81 bits per heavy atom. The van der Waals surface area contributed by atoms with Crippen molar-refractivity contribution in [2.45, 2.75) is 0 Å². The summed E-state index contributed by atoms with van der Waals surface area (Å²) in [5, 5.41) is 9.71. The maximum atomic E-state index is 14.3. The summed E-state index contributed by atoms with van der Waals surface area (Å²) in [7, 11) is -2.80. The predicted molar refractivity (Wildman–Crippen MR) is 71.2 cm³/mol. The minimum atomic E-state index is -4.22. The molecule has 0 saturated carbocycles. The van der Waals surface area contributed by atoms with Gasteiger partial charge in [0.05, 0.1) is 5.56 Å². The van der Waals surface area contributed by atoms with E-state index < -0.39 is 39.9 Å². The van der Waals surface area contributed by atoms with Gasteiger partial charge in [-0.2, -0.15) is 8.42 Å². The van der Waals surface area contributed by atoms with Crippen molar-refractivity contribution in [3.05, 3.63) is 23.5 Å². The molecule has 21 heavy (non-hydrogen) atoms. The Morgan fingerprint density at radius 1 is 1.52 bits per heavy atom. The van der Waals surface area contributed by atoms with Crippen LogP contribution in [0.5, 0.6) is 5.75 Å². The van der Waals surface area contributed by atoms with Crippen LogP contribution in [0.3, 0.4) is 0 Å². The number of halogens is 1. The molecule has 2 N–H and O–H groups in total. The molecule has 0 atom stereocenters. The molecule has 1 amide bonds. The third kappa shape index (κ3) is 2.91. The van der Waals surface area contributed by atoms with Gasteiger partial charge in [0.25, 0.3) is 5.91 Å². The molecule has 2 rings (SSSR count). The number of anilines is 1. The molecule has 1 heterocycles. The number of phenolic OH excluding ortho intramolecular Hbond substituents is 1. The Hall–Kier alpha value is -2.31. The zero-order chi connectivity index (χ0) is 15.6. The third-order valence-electron chi connectivity index (χ3n) is 2.60. The summed E-state index contributed by atoms with van der Waals surface area (Å²) < 4.78 is 44.6. The molecule has 0 radical (unpaired) electrons. The first-order valence-electron chi connectivity index (χ1n) is 5.69. The number of nitrogens with one attached hydrogen (secondary N) is 1. The van der Waals surface area contributed by atoms with Crippen LogP contribution in [-0.4, -0.2) is 39.7 Å². The Morgan fingerprint density at radius 2 is 2.24 bits per heavy atom. The third-order valence-corrected chi connectivity index (χ3v) is 3.98. The Bertz CT molecular complexity index is 751. The summed E-state index contributed by atoms with van der Waals surface area (Å²) in [5.41, 5.74) is -0.730. The number of rotatable bonds is 2. The van der Waals surface area contributed by atoms with E-state index in [1.54, 1.807) is 4.72 Å². The number of methoxy groups -OCH3 is 1. The number of ether oxygens (including phenoxy) is 1. The van der Waals surface area contributed by atoms with Crippen LogP contribution >= 0.6 is 0 Å². The van der Waals surface area contributed by atoms with Gasteiger partial charge in [-0.1, -0.05) is 11.8 Å². The van der Waals surface area contributed by atoms with Gasteiger partial charge in [-0.25, -0.2) is 13.4 Å². The molecule has 1 aromatic rings. The maximum absolute atomic E-state index is 14.3. The summed E-state index contributed by atoms with van der Waals surface area (Å²) in [6, 6.07) is 2.31. The first kappa shape index (κ1) is 15.1. The summed E-state index contributed by atoms with van der Waals surface area (Å²) in [5.74, 6) is 2.52. The zero-order valence-electron chi connectivity index (χ0n) is 10.9. The van der Waals surface area contributed by atoms with Gasteiger partial charge in [-0.3, -0.25) is 4.79 Å². The highest BCUT2D eigenvalue weighted by Gasteiger charge is 2.37. The topological polar surface area (TPSA) is 95.9 Å². The first-order chi connectivity index (χ1) is 9.86. The van der Waals surface area contributed by atoms with Crippen molar-refractivity contribution in [3.63, 3.8) is 0 Å².